The molecule has 9 heteroatoms. The van der Waals surface area contributed by atoms with Crippen molar-refractivity contribution in [2.24, 2.45) is 0 Å². The number of aromatic amines is 1. The zero-order valence-corrected chi connectivity index (χ0v) is 11.0. The Balaban J connectivity index is 2.33. The minimum Gasteiger partial charge on any atom is -0.478 e. The fourth-order valence-electron chi connectivity index (χ4n) is 1.57. The van der Waals surface area contributed by atoms with Gasteiger partial charge < -0.3 is 10.8 Å². The minimum atomic E-state index is -3.99. The maximum Gasteiger partial charge on any atom is 0.337 e. The third-order valence-corrected chi connectivity index (χ3v) is 3.98. The second-order valence-corrected chi connectivity index (χ2v) is 5.70. The summed E-state index contributed by atoms with van der Waals surface area (Å²) in [6.07, 6.45) is 1.48. The number of nitrogens with one attached hydrogen (secondary N) is 2. The molecule has 0 spiro atoms. The molecule has 2 aromatic rings. The molecule has 0 aliphatic rings. The average Bonchev–Trinajstić information content (AvgIpc) is 2.89. The van der Waals surface area contributed by atoms with Crippen LogP contribution in [0.1, 0.15) is 16.1 Å². The fourth-order valence-corrected chi connectivity index (χ4v) is 2.81. The molecule has 0 atom stereocenters. The highest BCUT2D eigenvalue weighted by Gasteiger charge is 2.22. The van der Waals surface area contributed by atoms with Gasteiger partial charge in [-0.2, -0.15) is 5.10 Å². The Bertz CT molecular complexity index is 725. The third-order valence-electron chi connectivity index (χ3n) is 2.54. The van der Waals surface area contributed by atoms with Gasteiger partial charge >= 0.3 is 5.97 Å². The maximum atomic E-state index is 12.1. The SMILES string of the molecule is Nc1ccc(C(=O)O)c(S(=O)(=O)NCc2ccn[nH]2)c1. The van der Waals surface area contributed by atoms with E-state index in [-0.39, 0.29) is 22.7 Å². The summed E-state index contributed by atoms with van der Waals surface area (Å²) < 4.78 is 26.6. The first-order valence-corrected chi connectivity index (χ1v) is 6.99. The van der Waals surface area contributed by atoms with Gasteiger partial charge in [0.15, 0.2) is 0 Å². The molecule has 0 amide bonds. The summed E-state index contributed by atoms with van der Waals surface area (Å²) in [5.74, 6) is -1.34. The molecule has 0 unspecified atom stereocenters. The van der Waals surface area contributed by atoms with Crippen LogP contribution in [0.2, 0.25) is 0 Å². The Hall–Kier alpha value is -2.39. The molecular formula is C11H12N4O4S. The Morgan fingerprint density at radius 3 is 2.75 bits per heavy atom. The van der Waals surface area contributed by atoms with E-state index in [1.165, 1.54) is 12.3 Å². The molecule has 0 aliphatic carbocycles. The van der Waals surface area contributed by atoms with E-state index in [1.807, 2.05) is 0 Å². The molecule has 0 saturated heterocycles. The van der Waals surface area contributed by atoms with E-state index in [0.29, 0.717) is 5.69 Å². The van der Waals surface area contributed by atoms with Crippen LogP contribution < -0.4 is 10.5 Å². The molecular weight excluding hydrogens is 284 g/mol. The van der Waals surface area contributed by atoms with Gasteiger partial charge in [-0.05, 0) is 24.3 Å². The van der Waals surface area contributed by atoms with Crippen molar-refractivity contribution in [1.29, 1.82) is 0 Å². The molecule has 1 heterocycles. The maximum absolute atomic E-state index is 12.1. The van der Waals surface area contributed by atoms with Crippen LogP contribution in [-0.2, 0) is 16.6 Å². The molecule has 8 nitrogen and oxygen atoms in total. The largest absolute Gasteiger partial charge is 0.478 e. The molecule has 1 aromatic heterocycles. The number of nitrogen functional groups attached to an aromatic ring is 1. The van der Waals surface area contributed by atoms with Crippen LogP contribution in [0.15, 0.2) is 35.4 Å². The molecule has 5 N–H and O–H groups in total. The van der Waals surface area contributed by atoms with Crippen molar-refractivity contribution in [3.05, 3.63) is 41.7 Å². The molecule has 0 fully saturated rings. The van der Waals surface area contributed by atoms with Crippen molar-refractivity contribution in [3.8, 4) is 0 Å². The summed E-state index contributed by atoms with van der Waals surface area (Å²) in [5.41, 5.74) is 5.89. The van der Waals surface area contributed by atoms with Crippen LogP contribution in [0.5, 0.6) is 0 Å². The summed E-state index contributed by atoms with van der Waals surface area (Å²) >= 11 is 0. The van der Waals surface area contributed by atoms with Crippen LogP contribution in [0.4, 0.5) is 5.69 Å². The average molecular weight is 296 g/mol. The lowest BCUT2D eigenvalue weighted by atomic mass is 10.2. The number of nitrogens with zero attached hydrogens (tertiary/aromatic N) is 1. The van der Waals surface area contributed by atoms with Gasteiger partial charge in [-0.3, -0.25) is 5.10 Å². The Labute approximate surface area is 114 Å². The van der Waals surface area contributed by atoms with E-state index in [1.54, 1.807) is 6.07 Å². The normalized spacial score (nSPS) is 11.4. The van der Waals surface area contributed by atoms with Gasteiger partial charge in [-0.25, -0.2) is 17.9 Å². The summed E-state index contributed by atoms with van der Waals surface area (Å²) in [6, 6.07) is 5.19. The van der Waals surface area contributed by atoms with E-state index < -0.39 is 16.0 Å². The Kier molecular flexibility index (Phi) is 3.72. The zero-order valence-electron chi connectivity index (χ0n) is 10.2. The fraction of sp³-hybridized carbons (Fsp3) is 0.0909. The molecule has 2 rings (SSSR count). The molecule has 1 aromatic carbocycles. The van der Waals surface area contributed by atoms with Crippen molar-refractivity contribution in [1.82, 2.24) is 14.9 Å². The van der Waals surface area contributed by atoms with Gasteiger partial charge in [0.25, 0.3) is 0 Å². The van der Waals surface area contributed by atoms with Gasteiger partial charge in [0, 0.05) is 11.9 Å². The lowest BCUT2D eigenvalue weighted by molar-refractivity contribution is 0.0692. The van der Waals surface area contributed by atoms with Crippen LogP contribution in [0.3, 0.4) is 0 Å². The van der Waals surface area contributed by atoms with Crippen molar-refractivity contribution < 1.29 is 18.3 Å². The number of benzene rings is 1. The topological polar surface area (TPSA) is 138 Å². The van der Waals surface area contributed by atoms with Crippen molar-refractivity contribution in [2.75, 3.05) is 5.73 Å². The second-order valence-electron chi connectivity index (χ2n) is 3.97. The number of aromatic carboxylic acids is 1. The number of aromatic nitrogens is 2. The van der Waals surface area contributed by atoms with E-state index in [4.69, 9.17) is 10.8 Å². The third kappa shape index (κ3) is 2.95. The van der Waals surface area contributed by atoms with Crippen LogP contribution >= 0.6 is 0 Å². The number of rotatable bonds is 5. The predicted molar refractivity (Wildman–Crippen MR) is 70.4 cm³/mol. The molecule has 0 radical (unpaired) electrons. The molecule has 20 heavy (non-hydrogen) atoms. The van der Waals surface area contributed by atoms with Gasteiger partial charge in [0.05, 0.1) is 22.7 Å². The first-order valence-electron chi connectivity index (χ1n) is 5.51. The number of anilines is 1. The highest BCUT2D eigenvalue weighted by Crippen LogP contribution is 2.19. The van der Waals surface area contributed by atoms with Crippen molar-refractivity contribution >= 4 is 21.7 Å². The number of sulfonamides is 1. The summed E-state index contributed by atoms with van der Waals surface area (Å²) in [5, 5.41) is 15.3. The zero-order chi connectivity index (χ0) is 14.8. The summed E-state index contributed by atoms with van der Waals surface area (Å²) in [6.45, 7) is -0.0316. The quantitative estimate of drug-likeness (QED) is 0.580. The Morgan fingerprint density at radius 1 is 1.40 bits per heavy atom. The lowest BCUT2D eigenvalue weighted by Gasteiger charge is -2.09. The Morgan fingerprint density at radius 2 is 2.15 bits per heavy atom. The predicted octanol–water partition coefficient (Wildman–Crippen LogP) is 0.169. The van der Waals surface area contributed by atoms with Gasteiger partial charge in [0.1, 0.15) is 0 Å². The number of carboxylic acid groups (broad SMARTS) is 1. The van der Waals surface area contributed by atoms with Crippen LogP contribution in [-0.4, -0.2) is 29.7 Å². The second kappa shape index (κ2) is 5.31. The standard InChI is InChI=1S/C11H12N4O4S/c12-7-1-2-9(11(16)17)10(5-7)20(18,19)14-6-8-3-4-13-15-8/h1-5,14H,6,12H2,(H,13,15)(H,16,17). The molecule has 0 saturated carbocycles. The van der Waals surface area contributed by atoms with E-state index in [2.05, 4.69) is 14.9 Å². The van der Waals surface area contributed by atoms with Crippen molar-refractivity contribution in [3.63, 3.8) is 0 Å². The van der Waals surface area contributed by atoms with Gasteiger partial charge in [-0.15, -0.1) is 0 Å². The molecule has 106 valence electrons. The van der Waals surface area contributed by atoms with Crippen molar-refractivity contribution in [2.45, 2.75) is 11.4 Å². The van der Waals surface area contributed by atoms with E-state index >= 15 is 0 Å². The first kappa shape index (κ1) is 14.0. The molecule has 0 bridgehead atoms. The highest BCUT2D eigenvalue weighted by atomic mass is 32.2. The smallest absolute Gasteiger partial charge is 0.337 e. The number of hydrogen-bond acceptors (Lipinski definition) is 5. The monoisotopic (exact) mass is 296 g/mol. The first-order chi connectivity index (χ1) is 9.40. The number of hydrogen-bond donors (Lipinski definition) is 4. The van der Waals surface area contributed by atoms with E-state index in [9.17, 15) is 13.2 Å². The highest BCUT2D eigenvalue weighted by molar-refractivity contribution is 7.89. The van der Waals surface area contributed by atoms with Gasteiger partial charge in [0.2, 0.25) is 10.0 Å². The van der Waals surface area contributed by atoms with E-state index in [0.717, 1.165) is 12.1 Å². The number of nitrogens with two attached hydrogens (primary N) is 1. The van der Waals surface area contributed by atoms with Crippen LogP contribution in [0, 0.1) is 0 Å². The summed E-state index contributed by atoms with van der Waals surface area (Å²) in [4.78, 5) is 10.7. The number of H-pyrrole nitrogens is 1. The number of carbonyl (C=O) groups is 1. The minimum absolute atomic E-state index is 0.0316. The lowest BCUT2D eigenvalue weighted by Crippen LogP contribution is -2.25. The van der Waals surface area contributed by atoms with Crippen LogP contribution in [0.25, 0.3) is 0 Å². The molecule has 0 aliphatic heterocycles. The summed E-state index contributed by atoms with van der Waals surface area (Å²) in [7, 11) is -3.99. The van der Waals surface area contributed by atoms with Gasteiger partial charge in [-0.1, -0.05) is 0 Å². The number of carboxylic acids is 1.